The molecule has 0 aliphatic carbocycles. The van der Waals surface area contributed by atoms with Crippen molar-refractivity contribution < 1.29 is 47.1 Å². The van der Waals surface area contributed by atoms with E-state index in [4.69, 9.17) is 18.5 Å². The van der Waals surface area contributed by atoms with E-state index < -0.39 is 45.2 Å². The average molecular weight is 817 g/mol. The van der Waals surface area contributed by atoms with Gasteiger partial charge in [0.15, 0.2) is 6.10 Å². The molecule has 12 heteroatoms. The topological polar surface area (TPSA) is 150 Å². The lowest BCUT2D eigenvalue weighted by atomic mass is 10.0. The fourth-order valence-electron chi connectivity index (χ4n) is 6.54. The first-order chi connectivity index (χ1) is 27.2. The van der Waals surface area contributed by atoms with Crippen LogP contribution in [0.15, 0.2) is 12.8 Å². The molecule has 11 nitrogen and oxygen atoms in total. The Morgan fingerprint density at radius 2 is 0.946 bits per heavy atom. The fourth-order valence-corrected chi connectivity index (χ4v) is 7.28. The molecule has 1 unspecified atom stereocenters. The van der Waals surface area contributed by atoms with Gasteiger partial charge in [0, 0.05) is 19.4 Å². The number of rotatable bonds is 43. The van der Waals surface area contributed by atoms with Crippen LogP contribution in [0.4, 0.5) is 4.79 Å². The molecule has 0 radical (unpaired) electrons. The van der Waals surface area contributed by atoms with Crippen molar-refractivity contribution in [1.82, 2.24) is 5.32 Å². The minimum Gasteiger partial charge on any atom is -0.756 e. The highest BCUT2D eigenvalue weighted by Gasteiger charge is 2.21. The Morgan fingerprint density at radius 1 is 0.571 bits per heavy atom. The summed E-state index contributed by atoms with van der Waals surface area (Å²) in [6.45, 7) is 6.32. The molecule has 0 aliphatic heterocycles. The first-order valence-electron chi connectivity index (χ1n) is 22.7. The molecule has 2 atom stereocenters. The molecule has 330 valence electrons. The first-order valence-corrected chi connectivity index (χ1v) is 24.2. The molecule has 0 spiro atoms. The molecular formula is C44H83NO10P-. The summed E-state index contributed by atoms with van der Waals surface area (Å²) in [5, 5.41) is 2.28. The van der Waals surface area contributed by atoms with Crippen molar-refractivity contribution in [2.24, 2.45) is 0 Å². The van der Waals surface area contributed by atoms with Crippen LogP contribution in [-0.4, -0.2) is 50.5 Å². The molecule has 0 bridgehead atoms. The lowest BCUT2D eigenvalue weighted by Gasteiger charge is -2.25. The largest absolute Gasteiger partial charge is 0.756 e. The number of carbonyl (C=O) groups excluding carboxylic acids is 3. The second-order valence-electron chi connectivity index (χ2n) is 15.3. The van der Waals surface area contributed by atoms with E-state index in [1.54, 1.807) is 0 Å². The van der Waals surface area contributed by atoms with Gasteiger partial charge in [-0.15, -0.1) is 0 Å². The Morgan fingerprint density at radius 3 is 1.34 bits per heavy atom. The number of carbonyl (C=O) groups is 3. The molecule has 0 aromatic carbocycles. The second-order valence-corrected chi connectivity index (χ2v) is 16.7. The maximum Gasteiger partial charge on any atom is 0.412 e. The number of phosphoric acid groups is 1. The second kappa shape index (κ2) is 41.2. The van der Waals surface area contributed by atoms with Crippen molar-refractivity contribution >= 4 is 25.9 Å². The van der Waals surface area contributed by atoms with Gasteiger partial charge < -0.3 is 33.5 Å². The van der Waals surface area contributed by atoms with Gasteiger partial charge in [-0.25, -0.2) is 4.79 Å². The summed E-state index contributed by atoms with van der Waals surface area (Å²) in [6.07, 6.45) is 36.2. The minimum absolute atomic E-state index is 0.156. The maximum absolute atomic E-state index is 12.7. The van der Waals surface area contributed by atoms with E-state index in [1.807, 2.05) is 0 Å². The smallest absolute Gasteiger partial charge is 0.412 e. The normalized spacial score (nSPS) is 12.8. The Bertz CT molecular complexity index is 981. The molecule has 0 fully saturated rings. The highest BCUT2D eigenvalue weighted by molar-refractivity contribution is 7.45. The van der Waals surface area contributed by atoms with E-state index in [9.17, 15) is 23.8 Å². The van der Waals surface area contributed by atoms with Crippen LogP contribution in [0.5, 0.6) is 0 Å². The van der Waals surface area contributed by atoms with Crippen molar-refractivity contribution in [3.63, 3.8) is 0 Å². The van der Waals surface area contributed by atoms with Crippen molar-refractivity contribution in [2.45, 2.75) is 225 Å². The minimum atomic E-state index is -4.81. The third-order valence-corrected chi connectivity index (χ3v) is 10.9. The quantitative estimate of drug-likeness (QED) is 0.0207. The van der Waals surface area contributed by atoms with E-state index in [0.717, 1.165) is 44.8 Å². The zero-order chi connectivity index (χ0) is 41.2. The molecule has 0 saturated carbocycles. The van der Waals surface area contributed by atoms with Gasteiger partial charge in [-0.2, -0.15) is 0 Å². The molecule has 1 N–H and O–H groups in total. The fraction of sp³-hybridized carbons (Fsp3) is 0.886. The molecule has 0 rings (SSSR count). The average Bonchev–Trinajstić information content (AvgIpc) is 3.17. The number of amides is 1. The van der Waals surface area contributed by atoms with Crippen LogP contribution in [0, 0.1) is 0 Å². The SMILES string of the molecule is C=COC(=O)NCCOP(=O)([O-])OC[C@@H](COC(=O)CCCCCCCCCCCCCCCCC)OC(=O)CCCCCCCCCCCCCCCCC. The van der Waals surface area contributed by atoms with Crippen LogP contribution in [0.25, 0.3) is 0 Å². The number of hydrogen-bond donors (Lipinski definition) is 1. The van der Waals surface area contributed by atoms with Crippen molar-refractivity contribution in [3.05, 3.63) is 12.8 Å². The molecule has 1 amide bonds. The van der Waals surface area contributed by atoms with Crippen LogP contribution in [0.3, 0.4) is 0 Å². The summed E-state index contributed by atoms with van der Waals surface area (Å²) in [7, 11) is -4.81. The van der Waals surface area contributed by atoms with Crippen LogP contribution in [0.2, 0.25) is 0 Å². The predicted molar refractivity (Wildman–Crippen MR) is 224 cm³/mol. The Kier molecular flexibility index (Phi) is 39.8. The summed E-state index contributed by atoms with van der Waals surface area (Å²) in [5.41, 5.74) is 0. The van der Waals surface area contributed by atoms with E-state index in [-0.39, 0.29) is 26.0 Å². The molecule has 0 aromatic heterocycles. The van der Waals surface area contributed by atoms with Crippen LogP contribution in [-0.2, 0) is 37.4 Å². The highest BCUT2D eigenvalue weighted by Crippen LogP contribution is 2.38. The van der Waals surface area contributed by atoms with Crippen LogP contribution in [0.1, 0.15) is 219 Å². The van der Waals surface area contributed by atoms with Crippen molar-refractivity contribution in [1.29, 1.82) is 0 Å². The first kappa shape index (κ1) is 54.1. The number of ether oxygens (including phenoxy) is 3. The molecule has 56 heavy (non-hydrogen) atoms. The van der Waals surface area contributed by atoms with E-state index in [0.29, 0.717) is 12.8 Å². The maximum atomic E-state index is 12.7. The van der Waals surface area contributed by atoms with Gasteiger partial charge in [-0.3, -0.25) is 14.2 Å². The number of unbranched alkanes of at least 4 members (excludes halogenated alkanes) is 28. The number of nitrogens with one attached hydrogen (secondary N) is 1. The van der Waals surface area contributed by atoms with E-state index in [1.165, 1.54) is 141 Å². The molecule has 0 aromatic rings. The third-order valence-electron chi connectivity index (χ3n) is 9.93. The van der Waals surface area contributed by atoms with Gasteiger partial charge in [0.2, 0.25) is 0 Å². The van der Waals surface area contributed by atoms with E-state index >= 15 is 0 Å². The summed E-state index contributed by atoms with van der Waals surface area (Å²) in [4.78, 5) is 48.7. The van der Waals surface area contributed by atoms with Crippen molar-refractivity contribution in [2.75, 3.05) is 26.4 Å². The van der Waals surface area contributed by atoms with Crippen LogP contribution >= 0.6 is 7.82 Å². The highest BCUT2D eigenvalue weighted by atomic mass is 31.2. The molecule has 0 saturated heterocycles. The van der Waals surface area contributed by atoms with E-state index in [2.05, 4.69) is 30.5 Å². The van der Waals surface area contributed by atoms with Gasteiger partial charge in [0.05, 0.1) is 19.5 Å². The standard InChI is InChI=1S/C44H84NO10P/c1-4-7-9-11-13-15-17-19-21-23-25-27-29-31-33-35-42(46)52-39-41(40-54-56(49,50)53-38-37-45-44(48)51-6-3)55-43(47)36-34-32-30-28-26-24-22-20-18-16-14-12-10-8-5-2/h6,41H,3-5,7-40H2,1-2H3,(H,45,48)(H,49,50)/p-1/t41-/m1/s1. The Hall–Kier alpha value is -1.94. The van der Waals surface area contributed by atoms with Gasteiger partial charge >= 0.3 is 18.0 Å². The molecular weight excluding hydrogens is 733 g/mol. The van der Waals surface area contributed by atoms with Crippen molar-refractivity contribution in [3.8, 4) is 0 Å². The number of hydrogen-bond acceptors (Lipinski definition) is 10. The summed E-state index contributed by atoms with van der Waals surface area (Å²) in [6, 6.07) is 0. The zero-order valence-corrected chi connectivity index (χ0v) is 36.7. The number of esters is 2. The summed E-state index contributed by atoms with van der Waals surface area (Å²) < 4.78 is 37.4. The lowest BCUT2D eigenvalue weighted by Crippen LogP contribution is -2.31. The number of alkyl carbamates (subject to hydrolysis) is 1. The summed E-state index contributed by atoms with van der Waals surface area (Å²) >= 11 is 0. The molecule has 0 aliphatic rings. The summed E-state index contributed by atoms with van der Waals surface area (Å²) in [5.74, 6) is -0.930. The lowest BCUT2D eigenvalue weighted by molar-refractivity contribution is -0.228. The van der Waals surface area contributed by atoms with Gasteiger partial charge in [-0.1, -0.05) is 200 Å². The monoisotopic (exact) mass is 817 g/mol. The van der Waals surface area contributed by atoms with Crippen LogP contribution < -0.4 is 10.2 Å². The Labute approximate surface area is 342 Å². The Balaban J connectivity index is 4.37. The van der Waals surface area contributed by atoms with Gasteiger partial charge in [0.25, 0.3) is 7.82 Å². The van der Waals surface area contributed by atoms with Gasteiger partial charge in [-0.05, 0) is 12.8 Å². The third kappa shape index (κ3) is 40.3. The zero-order valence-electron chi connectivity index (χ0n) is 35.8. The molecule has 0 heterocycles. The number of phosphoric ester groups is 1. The van der Waals surface area contributed by atoms with Gasteiger partial charge in [0.1, 0.15) is 6.61 Å². The predicted octanol–water partition coefficient (Wildman–Crippen LogP) is 12.3.